The number of carbonyl (C=O) groups is 1. The maximum absolute atomic E-state index is 13.2. The van der Waals surface area contributed by atoms with Gasteiger partial charge in [-0.2, -0.15) is 4.31 Å². The van der Waals surface area contributed by atoms with Crippen molar-refractivity contribution in [2.24, 2.45) is 5.92 Å². The molecule has 1 saturated heterocycles. The number of piperidine rings is 1. The Morgan fingerprint density at radius 3 is 2.40 bits per heavy atom. The van der Waals surface area contributed by atoms with E-state index in [0.29, 0.717) is 43.3 Å². The minimum absolute atomic E-state index is 0.0523. The molecule has 0 atom stereocenters. The number of anilines is 1. The molecule has 0 saturated carbocycles. The fourth-order valence-corrected chi connectivity index (χ4v) is 5.89. The number of aromatic nitrogens is 2. The van der Waals surface area contributed by atoms with E-state index in [0.717, 1.165) is 23.1 Å². The number of fused-ring (bicyclic) bond motifs is 3. The second-order valence-electron chi connectivity index (χ2n) is 8.03. The largest absolute Gasteiger partial charge is 0.308 e. The molecule has 0 spiro atoms. The van der Waals surface area contributed by atoms with Gasteiger partial charge in [0.2, 0.25) is 21.9 Å². The summed E-state index contributed by atoms with van der Waals surface area (Å²) in [5.74, 6) is 0.577. The highest BCUT2D eigenvalue weighted by Gasteiger charge is 2.37. The van der Waals surface area contributed by atoms with Gasteiger partial charge in [0, 0.05) is 32.1 Å². The molecule has 1 amide bonds. The lowest BCUT2D eigenvalue weighted by Gasteiger charge is -2.32. The summed E-state index contributed by atoms with van der Waals surface area (Å²) in [6, 6.07) is 14.8. The number of aryl methyl sites for hydroxylation is 1. The van der Waals surface area contributed by atoms with Gasteiger partial charge in [-0.3, -0.25) is 9.69 Å². The summed E-state index contributed by atoms with van der Waals surface area (Å²) < 4.78 is 29.4. The topological polar surface area (TPSA) is 75.5 Å². The number of hydrogen-bond acceptors (Lipinski definition) is 4. The summed E-state index contributed by atoms with van der Waals surface area (Å²) in [5, 5.41) is 0. The number of carbonyl (C=O) groups excluding carboxylic acids is 1. The number of rotatable bonds is 3. The zero-order valence-electron chi connectivity index (χ0n) is 16.9. The third kappa shape index (κ3) is 3.11. The van der Waals surface area contributed by atoms with Gasteiger partial charge in [0.1, 0.15) is 0 Å². The summed E-state index contributed by atoms with van der Waals surface area (Å²) in [5.41, 5.74) is 2.96. The molecule has 8 heteroatoms. The van der Waals surface area contributed by atoms with Crippen LogP contribution in [0.2, 0.25) is 0 Å². The normalized spacial score (nSPS) is 18.1. The number of para-hydroxylation sites is 2. The molecule has 7 nitrogen and oxygen atoms in total. The number of imidazole rings is 1. The van der Waals surface area contributed by atoms with Gasteiger partial charge in [0.25, 0.3) is 0 Å². The third-order valence-corrected chi connectivity index (χ3v) is 8.06. The molecule has 0 aliphatic carbocycles. The van der Waals surface area contributed by atoms with E-state index in [4.69, 9.17) is 0 Å². The highest BCUT2D eigenvalue weighted by atomic mass is 32.2. The summed E-state index contributed by atoms with van der Waals surface area (Å²) >= 11 is 0. The van der Waals surface area contributed by atoms with E-state index < -0.39 is 10.0 Å². The lowest BCUT2D eigenvalue weighted by molar-refractivity contribution is -0.123. The van der Waals surface area contributed by atoms with Gasteiger partial charge in [-0.05, 0) is 44.0 Å². The Hall–Kier alpha value is -2.71. The Labute approximate surface area is 176 Å². The van der Waals surface area contributed by atoms with Gasteiger partial charge in [0.05, 0.1) is 15.9 Å². The van der Waals surface area contributed by atoms with Crippen molar-refractivity contribution >= 4 is 32.9 Å². The van der Waals surface area contributed by atoms with Crippen LogP contribution in [0.3, 0.4) is 0 Å². The Bertz CT molecular complexity index is 1210. The standard InChI is InChI=1S/C22H24N4O3S/c1-16-6-8-18(9-7-16)30(28,29)24-12-10-17(11-13-24)21(27)26-15-14-25-20-5-3-2-4-19(20)23-22(25)26/h2-9,17H,10-15H2,1H3. The summed E-state index contributed by atoms with van der Waals surface area (Å²) in [4.78, 5) is 19.9. The molecule has 2 aliphatic rings. The Kier molecular flexibility index (Phi) is 4.63. The first-order valence-electron chi connectivity index (χ1n) is 10.3. The van der Waals surface area contributed by atoms with Crippen LogP contribution in [0.15, 0.2) is 53.4 Å². The Morgan fingerprint density at radius 2 is 1.67 bits per heavy atom. The zero-order chi connectivity index (χ0) is 20.9. The van der Waals surface area contributed by atoms with Crippen molar-refractivity contribution in [3.63, 3.8) is 0 Å². The molecule has 0 bridgehead atoms. The lowest BCUT2D eigenvalue weighted by atomic mass is 9.96. The van der Waals surface area contributed by atoms with Crippen LogP contribution in [0.1, 0.15) is 18.4 Å². The molecule has 3 heterocycles. The minimum atomic E-state index is -3.52. The number of nitrogens with zero attached hydrogens (tertiary/aromatic N) is 4. The van der Waals surface area contributed by atoms with Crippen LogP contribution in [-0.2, 0) is 21.4 Å². The summed E-state index contributed by atoms with van der Waals surface area (Å²) in [6.45, 7) is 4.00. The van der Waals surface area contributed by atoms with E-state index in [1.54, 1.807) is 17.0 Å². The fraction of sp³-hybridized carbons (Fsp3) is 0.364. The maximum Gasteiger partial charge on any atom is 0.243 e. The van der Waals surface area contributed by atoms with E-state index in [1.807, 2.05) is 43.3 Å². The third-order valence-electron chi connectivity index (χ3n) is 6.15. The Morgan fingerprint density at radius 1 is 0.967 bits per heavy atom. The van der Waals surface area contributed by atoms with E-state index in [1.165, 1.54) is 4.31 Å². The average molecular weight is 425 g/mol. The smallest absolute Gasteiger partial charge is 0.243 e. The van der Waals surface area contributed by atoms with Crippen molar-refractivity contribution in [2.45, 2.75) is 31.2 Å². The molecule has 156 valence electrons. The number of sulfonamides is 1. The molecule has 1 fully saturated rings. The van der Waals surface area contributed by atoms with Gasteiger partial charge in [0.15, 0.2) is 0 Å². The first-order valence-corrected chi connectivity index (χ1v) is 11.7. The van der Waals surface area contributed by atoms with Crippen molar-refractivity contribution < 1.29 is 13.2 Å². The van der Waals surface area contributed by atoms with E-state index in [9.17, 15) is 13.2 Å². The van der Waals surface area contributed by atoms with Crippen molar-refractivity contribution in [3.05, 3.63) is 54.1 Å². The van der Waals surface area contributed by atoms with Crippen molar-refractivity contribution in [2.75, 3.05) is 24.5 Å². The van der Waals surface area contributed by atoms with Gasteiger partial charge in [-0.15, -0.1) is 0 Å². The SMILES string of the molecule is Cc1ccc(S(=O)(=O)N2CCC(C(=O)N3CCn4c3nc3ccccc34)CC2)cc1. The van der Waals surface area contributed by atoms with Gasteiger partial charge in [-0.25, -0.2) is 13.4 Å². The monoisotopic (exact) mass is 424 g/mol. The minimum Gasteiger partial charge on any atom is -0.308 e. The van der Waals surface area contributed by atoms with Crippen LogP contribution >= 0.6 is 0 Å². The van der Waals surface area contributed by atoms with Crippen LogP contribution in [0.25, 0.3) is 11.0 Å². The van der Waals surface area contributed by atoms with E-state index in [2.05, 4.69) is 9.55 Å². The second kappa shape index (κ2) is 7.21. The van der Waals surface area contributed by atoms with Crippen LogP contribution in [0.5, 0.6) is 0 Å². The van der Waals surface area contributed by atoms with E-state index in [-0.39, 0.29) is 11.8 Å². The highest BCUT2D eigenvalue weighted by molar-refractivity contribution is 7.89. The van der Waals surface area contributed by atoms with Crippen LogP contribution in [0, 0.1) is 12.8 Å². The fourth-order valence-electron chi connectivity index (χ4n) is 4.42. The zero-order valence-corrected chi connectivity index (χ0v) is 17.7. The van der Waals surface area contributed by atoms with Crippen LogP contribution in [0.4, 0.5) is 5.95 Å². The van der Waals surface area contributed by atoms with Gasteiger partial charge in [-0.1, -0.05) is 29.8 Å². The molecular weight excluding hydrogens is 400 g/mol. The Balaban J connectivity index is 1.30. The molecule has 5 rings (SSSR count). The van der Waals surface area contributed by atoms with Crippen molar-refractivity contribution in [1.82, 2.24) is 13.9 Å². The first-order chi connectivity index (χ1) is 14.4. The second-order valence-corrected chi connectivity index (χ2v) is 9.97. The maximum atomic E-state index is 13.2. The van der Waals surface area contributed by atoms with Crippen LogP contribution < -0.4 is 4.90 Å². The molecule has 2 aliphatic heterocycles. The van der Waals surface area contributed by atoms with Gasteiger partial charge >= 0.3 is 0 Å². The predicted molar refractivity (Wildman–Crippen MR) is 115 cm³/mol. The number of hydrogen-bond donors (Lipinski definition) is 0. The predicted octanol–water partition coefficient (Wildman–Crippen LogP) is 2.79. The first kappa shape index (κ1) is 19.3. The molecule has 0 unspecified atom stereocenters. The highest BCUT2D eigenvalue weighted by Crippen LogP contribution is 2.31. The summed E-state index contributed by atoms with van der Waals surface area (Å²) in [6.07, 6.45) is 1.06. The average Bonchev–Trinajstić information content (AvgIpc) is 3.33. The molecular formula is C22H24N4O3S. The number of amides is 1. The molecule has 0 radical (unpaired) electrons. The molecule has 1 aromatic heterocycles. The molecule has 30 heavy (non-hydrogen) atoms. The van der Waals surface area contributed by atoms with Gasteiger partial charge < -0.3 is 4.57 Å². The molecule has 0 N–H and O–H groups in total. The number of benzene rings is 2. The van der Waals surface area contributed by atoms with Crippen molar-refractivity contribution in [1.29, 1.82) is 0 Å². The summed E-state index contributed by atoms with van der Waals surface area (Å²) in [7, 11) is -3.52. The molecule has 3 aromatic rings. The van der Waals surface area contributed by atoms with E-state index >= 15 is 0 Å². The quantitative estimate of drug-likeness (QED) is 0.648. The van der Waals surface area contributed by atoms with Crippen LogP contribution in [-0.4, -0.2) is 47.8 Å². The molecule has 2 aromatic carbocycles. The van der Waals surface area contributed by atoms with Crippen molar-refractivity contribution in [3.8, 4) is 0 Å². The lowest BCUT2D eigenvalue weighted by Crippen LogP contribution is -2.44.